The Morgan fingerprint density at radius 2 is 2.04 bits per heavy atom. The van der Waals surface area contributed by atoms with Crippen LogP contribution in [-0.2, 0) is 16.3 Å². The van der Waals surface area contributed by atoms with Gasteiger partial charge in [-0.15, -0.1) is 0 Å². The molecular weight excluding hydrogens is 342 g/mol. The Morgan fingerprint density at radius 1 is 1.33 bits per heavy atom. The third-order valence-electron chi connectivity index (χ3n) is 3.95. The van der Waals surface area contributed by atoms with Crippen LogP contribution in [0.5, 0.6) is 0 Å². The van der Waals surface area contributed by atoms with E-state index in [-0.39, 0.29) is 16.7 Å². The van der Waals surface area contributed by atoms with Crippen LogP contribution in [0, 0.1) is 13.8 Å². The molecule has 0 spiro atoms. The number of nitrogens with zero attached hydrogens (tertiary/aromatic N) is 1. The smallest absolute Gasteiger partial charge is 0.255 e. The van der Waals surface area contributed by atoms with Crippen molar-refractivity contribution in [2.75, 3.05) is 5.32 Å². The number of thioether (sulfide) groups is 2. The molecule has 126 valence electrons. The van der Waals surface area contributed by atoms with Crippen LogP contribution in [0.3, 0.4) is 0 Å². The number of nitrogens with one attached hydrogen (secondary N) is 2. The van der Waals surface area contributed by atoms with Gasteiger partial charge in [-0.1, -0.05) is 30.0 Å². The molecule has 0 fully saturated rings. The number of anilines is 1. The first-order valence-electron chi connectivity index (χ1n) is 7.69. The maximum absolute atomic E-state index is 12.5. The average molecular weight is 361 g/mol. The second kappa shape index (κ2) is 7.03. The molecule has 0 saturated heterocycles. The molecule has 1 unspecified atom stereocenters. The van der Waals surface area contributed by atoms with E-state index in [0.29, 0.717) is 10.9 Å². The summed E-state index contributed by atoms with van der Waals surface area (Å²) in [6, 6.07) is 5.91. The van der Waals surface area contributed by atoms with E-state index in [1.165, 1.54) is 11.8 Å². The molecule has 1 atom stereocenters. The quantitative estimate of drug-likeness (QED) is 0.646. The van der Waals surface area contributed by atoms with Crippen LogP contribution >= 0.6 is 23.5 Å². The number of aromatic nitrogens is 2. The summed E-state index contributed by atoms with van der Waals surface area (Å²) in [4.78, 5) is 31.8. The molecule has 1 aromatic carbocycles. The monoisotopic (exact) mass is 361 g/mol. The standard InChI is InChI=1S/C17H19N3O2S2/c1-9-5-4-6-10(2)14(9)19-15(21)11(3)24-17-18-13-8-23-7-12(13)16(22)20-17/h4-6,11H,7-8H2,1-3H3,(H,19,21)(H,18,20,22). The fourth-order valence-corrected chi connectivity index (χ4v) is 4.40. The highest BCUT2D eigenvalue weighted by molar-refractivity contribution is 8.00. The largest absolute Gasteiger partial charge is 0.325 e. The highest BCUT2D eigenvalue weighted by Gasteiger charge is 2.21. The Bertz CT molecular complexity index is 828. The summed E-state index contributed by atoms with van der Waals surface area (Å²) in [5.74, 6) is 1.37. The van der Waals surface area contributed by atoms with Crippen molar-refractivity contribution in [2.45, 2.75) is 42.7 Å². The molecule has 0 saturated carbocycles. The topological polar surface area (TPSA) is 74.8 Å². The Balaban J connectivity index is 1.73. The predicted octanol–water partition coefficient (Wildman–Crippen LogP) is 3.25. The number of hydrogen-bond acceptors (Lipinski definition) is 5. The van der Waals surface area contributed by atoms with Crippen molar-refractivity contribution in [3.8, 4) is 0 Å². The summed E-state index contributed by atoms with van der Waals surface area (Å²) < 4.78 is 0. The van der Waals surface area contributed by atoms with E-state index >= 15 is 0 Å². The number of fused-ring (bicyclic) bond motifs is 1. The first-order chi connectivity index (χ1) is 11.5. The van der Waals surface area contributed by atoms with Gasteiger partial charge in [0.15, 0.2) is 5.16 Å². The van der Waals surface area contributed by atoms with E-state index in [1.807, 2.05) is 39.0 Å². The maximum atomic E-state index is 12.5. The van der Waals surface area contributed by atoms with Gasteiger partial charge in [-0.25, -0.2) is 4.98 Å². The van der Waals surface area contributed by atoms with E-state index in [2.05, 4.69) is 15.3 Å². The van der Waals surface area contributed by atoms with Crippen molar-refractivity contribution in [2.24, 2.45) is 0 Å². The first-order valence-corrected chi connectivity index (χ1v) is 9.72. The summed E-state index contributed by atoms with van der Waals surface area (Å²) >= 11 is 2.96. The van der Waals surface area contributed by atoms with E-state index in [1.54, 1.807) is 11.8 Å². The van der Waals surface area contributed by atoms with Crippen molar-refractivity contribution in [3.63, 3.8) is 0 Å². The van der Waals surface area contributed by atoms with Crippen molar-refractivity contribution >= 4 is 35.1 Å². The minimum Gasteiger partial charge on any atom is -0.325 e. The average Bonchev–Trinajstić information content (AvgIpc) is 3.00. The van der Waals surface area contributed by atoms with Crippen LogP contribution in [0.15, 0.2) is 28.2 Å². The molecular formula is C17H19N3O2S2. The van der Waals surface area contributed by atoms with Gasteiger partial charge in [0.25, 0.3) is 5.56 Å². The first kappa shape index (κ1) is 17.1. The third-order valence-corrected chi connectivity index (χ3v) is 5.91. The van der Waals surface area contributed by atoms with Crippen LogP contribution in [0.2, 0.25) is 0 Å². The number of rotatable bonds is 4. The van der Waals surface area contributed by atoms with E-state index < -0.39 is 0 Å². The van der Waals surface area contributed by atoms with Gasteiger partial charge in [0.2, 0.25) is 5.91 Å². The van der Waals surface area contributed by atoms with E-state index in [9.17, 15) is 9.59 Å². The van der Waals surface area contributed by atoms with Crippen molar-refractivity contribution < 1.29 is 4.79 Å². The van der Waals surface area contributed by atoms with Crippen molar-refractivity contribution in [1.82, 2.24) is 9.97 Å². The number of aromatic amines is 1. The minimum absolute atomic E-state index is 0.0881. The van der Waals surface area contributed by atoms with Crippen LogP contribution in [0.1, 0.15) is 29.3 Å². The number of hydrogen-bond donors (Lipinski definition) is 2. The lowest BCUT2D eigenvalue weighted by molar-refractivity contribution is -0.115. The lowest BCUT2D eigenvalue weighted by Crippen LogP contribution is -2.24. The summed E-state index contributed by atoms with van der Waals surface area (Å²) in [5.41, 5.74) is 4.42. The van der Waals surface area contributed by atoms with Gasteiger partial charge < -0.3 is 10.3 Å². The predicted molar refractivity (Wildman–Crippen MR) is 99.7 cm³/mol. The molecule has 24 heavy (non-hydrogen) atoms. The number of benzene rings is 1. The molecule has 0 aliphatic carbocycles. The molecule has 0 bridgehead atoms. The Hall–Kier alpha value is -1.73. The second-order valence-electron chi connectivity index (χ2n) is 5.81. The summed E-state index contributed by atoms with van der Waals surface area (Å²) in [7, 11) is 0. The summed E-state index contributed by atoms with van der Waals surface area (Å²) in [6.07, 6.45) is 0. The molecule has 1 amide bonds. The SMILES string of the molecule is Cc1cccc(C)c1NC(=O)C(C)Sc1nc2c(c(=O)[nH]1)CSC2. The second-order valence-corrected chi connectivity index (χ2v) is 8.12. The molecule has 2 aromatic rings. The fraction of sp³-hybridized carbons (Fsp3) is 0.353. The highest BCUT2D eigenvalue weighted by Crippen LogP contribution is 2.28. The molecule has 5 nitrogen and oxygen atoms in total. The lowest BCUT2D eigenvalue weighted by atomic mass is 10.1. The molecule has 1 aliphatic rings. The highest BCUT2D eigenvalue weighted by atomic mass is 32.2. The van der Waals surface area contributed by atoms with Gasteiger partial charge in [0.1, 0.15) is 0 Å². The van der Waals surface area contributed by atoms with Crippen LogP contribution in [0.25, 0.3) is 0 Å². The van der Waals surface area contributed by atoms with Gasteiger partial charge in [0.05, 0.1) is 10.9 Å². The van der Waals surface area contributed by atoms with E-state index in [0.717, 1.165) is 33.8 Å². The molecule has 2 heterocycles. The summed E-state index contributed by atoms with van der Waals surface area (Å²) in [5, 5.41) is 3.12. The zero-order chi connectivity index (χ0) is 17.3. The Morgan fingerprint density at radius 3 is 2.75 bits per heavy atom. The van der Waals surface area contributed by atoms with Gasteiger partial charge in [-0.05, 0) is 31.9 Å². The maximum Gasteiger partial charge on any atom is 0.255 e. The number of amides is 1. The Labute approximate surface area is 149 Å². The van der Waals surface area contributed by atoms with Crippen LogP contribution in [-0.4, -0.2) is 21.1 Å². The number of H-pyrrole nitrogens is 1. The van der Waals surface area contributed by atoms with Gasteiger partial charge in [-0.3, -0.25) is 9.59 Å². The van der Waals surface area contributed by atoms with Crippen LogP contribution in [0.4, 0.5) is 5.69 Å². The number of carbonyl (C=O) groups excluding carboxylic acids is 1. The van der Waals surface area contributed by atoms with Crippen molar-refractivity contribution in [3.05, 3.63) is 50.9 Å². The normalized spacial score (nSPS) is 14.3. The fourth-order valence-electron chi connectivity index (χ4n) is 2.55. The summed E-state index contributed by atoms with van der Waals surface area (Å²) in [6.45, 7) is 5.75. The zero-order valence-electron chi connectivity index (χ0n) is 13.8. The lowest BCUT2D eigenvalue weighted by Gasteiger charge is -2.15. The zero-order valence-corrected chi connectivity index (χ0v) is 15.4. The van der Waals surface area contributed by atoms with E-state index in [4.69, 9.17) is 0 Å². The minimum atomic E-state index is -0.362. The van der Waals surface area contributed by atoms with Crippen molar-refractivity contribution in [1.29, 1.82) is 0 Å². The molecule has 2 N–H and O–H groups in total. The molecule has 0 radical (unpaired) electrons. The third kappa shape index (κ3) is 3.52. The molecule has 1 aromatic heterocycles. The Kier molecular flexibility index (Phi) is 5.01. The molecule has 1 aliphatic heterocycles. The molecule has 3 rings (SSSR count). The van der Waals surface area contributed by atoms with Gasteiger partial charge in [0, 0.05) is 22.8 Å². The number of aryl methyl sites for hydroxylation is 2. The number of para-hydroxylation sites is 1. The van der Waals surface area contributed by atoms with Gasteiger partial charge >= 0.3 is 0 Å². The number of carbonyl (C=O) groups is 1. The molecule has 7 heteroatoms. The van der Waals surface area contributed by atoms with Crippen LogP contribution < -0.4 is 10.9 Å². The van der Waals surface area contributed by atoms with Gasteiger partial charge in [-0.2, -0.15) is 11.8 Å².